The number of rotatable bonds is 7. The monoisotopic (exact) mass is 361 g/mol. The number of piperidine rings is 1. The van der Waals surface area contributed by atoms with Crippen LogP contribution in [0.4, 0.5) is 4.79 Å². The van der Waals surface area contributed by atoms with Crippen LogP contribution in [-0.2, 0) is 16.1 Å². The molecule has 26 heavy (non-hydrogen) atoms. The summed E-state index contributed by atoms with van der Waals surface area (Å²) in [5.41, 5.74) is 1.89. The van der Waals surface area contributed by atoms with Crippen LogP contribution in [0.3, 0.4) is 0 Å². The third-order valence-electron chi connectivity index (χ3n) is 5.08. The van der Waals surface area contributed by atoms with Gasteiger partial charge in [-0.05, 0) is 31.7 Å². The molecule has 6 heteroatoms. The maximum absolute atomic E-state index is 12.6. The smallest absolute Gasteiger partial charge is 0.317 e. The largest absolute Gasteiger partial charge is 0.385 e. The molecule has 0 unspecified atom stereocenters. The molecule has 0 aromatic heterocycles. The van der Waals surface area contributed by atoms with Gasteiger partial charge in [-0.1, -0.05) is 36.8 Å². The molecule has 1 aliphatic rings. The number of carbonyl (C=O) groups excluding carboxylic acids is 2. The highest BCUT2D eigenvalue weighted by atomic mass is 16.5. The van der Waals surface area contributed by atoms with Crippen molar-refractivity contribution in [3.63, 3.8) is 0 Å². The number of amides is 3. The molecule has 0 saturated carbocycles. The first-order chi connectivity index (χ1) is 12.4. The first-order valence-corrected chi connectivity index (χ1v) is 9.30. The number of methoxy groups -OCH3 is 1. The number of benzene rings is 1. The second-order valence-electron chi connectivity index (χ2n) is 7.29. The first-order valence-electron chi connectivity index (χ1n) is 9.30. The number of nitrogens with zero attached hydrogens (tertiary/aromatic N) is 1. The molecule has 1 aromatic rings. The number of hydrogen-bond donors (Lipinski definition) is 2. The fraction of sp³-hybridized carbons (Fsp3) is 0.600. The van der Waals surface area contributed by atoms with Crippen molar-refractivity contribution >= 4 is 11.9 Å². The Balaban J connectivity index is 1.76. The Morgan fingerprint density at radius 2 is 1.81 bits per heavy atom. The summed E-state index contributed by atoms with van der Waals surface area (Å²) in [5.74, 6) is 0.0678. The van der Waals surface area contributed by atoms with Gasteiger partial charge in [0.1, 0.15) is 0 Å². The number of aryl methyl sites for hydroxylation is 1. The van der Waals surface area contributed by atoms with Crippen molar-refractivity contribution < 1.29 is 14.3 Å². The first kappa shape index (κ1) is 20.2. The molecule has 1 aromatic carbocycles. The van der Waals surface area contributed by atoms with Gasteiger partial charge >= 0.3 is 6.03 Å². The summed E-state index contributed by atoms with van der Waals surface area (Å²) in [6.45, 7) is 7.03. The minimum absolute atomic E-state index is 0.0526. The molecule has 0 spiro atoms. The summed E-state index contributed by atoms with van der Waals surface area (Å²) in [5, 5.41) is 5.95. The molecule has 6 nitrogen and oxygen atoms in total. The van der Waals surface area contributed by atoms with Crippen molar-refractivity contribution in [3.05, 3.63) is 35.4 Å². The van der Waals surface area contributed by atoms with E-state index in [1.54, 1.807) is 12.0 Å². The number of likely N-dealkylation sites (tertiary alicyclic amines) is 1. The number of nitrogens with one attached hydrogen (secondary N) is 2. The maximum Gasteiger partial charge on any atom is 0.317 e. The van der Waals surface area contributed by atoms with Crippen LogP contribution in [0.1, 0.15) is 37.3 Å². The van der Waals surface area contributed by atoms with E-state index in [1.165, 1.54) is 5.56 Å². The molecule has 0 aliphatic carbocycles. The minimum atomic E-state index is -0.419. The average Bonchev–Trinajstić information content (AvgIpc) is 2.65. The fourth-order valence-electron chi connectivity index (χ4n) is 3.06. The third-order valence-corrected chi connectivity index (χ3v) is 5.08. The van der Waals surface area contributed by atoms with Crippen molar-refractivity contribution in [2.24, 2.45) is 5.41 Å². The zero-order valence-electron chi connectivity index (χ0n) is 16.1. The molecular formula is C20H31N3O3. The average molecular weight is 361 g/mol. The molecule has 144 valence electrons. The van der Waals surface area contributed by atoms with Crippen molar-refractivity contribution in [1.82, 2.24) is 15.5 Å². The molecule has 3 amide bonds. The van der Waals surface area contributed by atoms with Gasteiger partial charge < -0.3 is 20.3 Å². The van der Waals surface area contributed by atoms with Gasteiger partial charge in [-0.3, -0.25) is 4.79 Å². The molecule has 0 bridgehead atoms. The molecule has 1 heterocycles. The Morgan fingerprint density at radius 3 is 2.42 bits per heavy atom. The van der Waals surface area contributed by atoms with Crippen molar-refractivity contribution in [1.29, 1.82) is 0 Å². The topological polar surface area (TPSA) is 70.7 Å². The van der Waals surface area contributed by atoms with Gasteiger partial charge in [-0.2, -0.15) is 0 Å². The van der Waals surface area contributed by atoms with Gasteiger partial charge in [-0.15, -0.1) is 0 Å². The normalized spacial score (nSPS) is 16.2. The number of ether oxygens (including phenoxy) is 1. The van der Waals surface area contributed by atoms with E-state index < -0.39 is 5.41 Å². The maximum atomic E-state index is 12.6. The Kier molecular flexibility index (Phi) is 7.45. The predicted octanol–water partition coefficient (Wildman–Crippen LogP) is 2.46. The Labute approximate surface area is 156 Å². The standard InChI is InChI=1S/C20H31N3O3/c1-16-5-7-17(8-6-16)15-22-18(24)20(2)9-12-23(13-10-20)19(25)21-11-4-14-26-3/h5-8H,4,9-15H2,1-3H3,(H,21,25)(H,22,24). The summed E-state index contributed by atoms with van der Waals surface area (Å²) in [6, 6.07) is 8.12. The predicted molar refractivity (Wildman–Crippen MR) is 102 cm³/mol. The Morgan fingerprint density at radius 1 is 1.15 bits per heavy atom. The number of carbonyl (C=O) groups is 2. The van der Waals surface area contributed by atoms with E-state index in [0.717, 1.165) is 12.0 Å². The van der Waals surface area contributed by atoms with Gasteiger partial charge in [-0.25, -0.2) is 4.79 Å². The van der Waals surface area contributed by atoms with E-state index >= 15 is 0 Å². The van der Waals surface area contributed by atoms with Crippen molar-refractivity contribution in [3.8, 4) is 0 Å². The van der Waals surface area contributed by atoms with Crippen LogP contribution in [0.5, 0.6) is 0 Å². The Bertz CT molecular complexity index is 593. The summed E-state index contributed by atoms with van der Waals surface area (Å²) < 4.78 is 4.97. The highest BCUT2D eigenvalue weighted by molar-refractivity contribution is 5.83. The number of urea groups is 1. The summed E-state index contributed by atoms with van der Waals surface area (Å²) in [4.78, 5) is 26.6. The van der Waals surface area contributed by atoms with E-state index in [-0.39, 0.29) is 11.9 Å². The minimum Gasteiger partial charge on any atom is -0.385 e. The van der Waals surface area contributed by atoms with Crippen LogP contribution in [-0.4, -0.2) is 50.2 Å². The van der Waals surface area contributed by atoms with Crippen LogP contribution < -0.4 is 10.6 Å². The zero-order chi connectivity index (χ0) is 19.0. The molecule has 2 N–H and O–H groups in total. The van der Waals surface area contributed by atoms with Crippen LogP contribution in [0.25, 0.3) is 0 Å². The van der Waals surface area contributed by atoms with Crippen molar-refractivity contribution in [2.75, 3.05) is 33.4 Å². The van der Waals surface area contributed by atoms with E-state index in [4.69, 9.17) is 4.74 Å². The molecule has 2 rings (SSSR count). The summed E-state index contributed by atoms with van der Waals surface area (Å²) >= 11 is 0. The fourth-order valence-corrected chi connectivity index (χ4v) is 3.06. The van der Waals surface area contributed by atoms with E-state index in [2.05, 4.69) is 10.6 Å². The van der Waals surface area contributed by atoms with E-state index in [9.17, 15) is 9.59 Å². The molecule has 1 fully saturated rings. The van der Waals surface area contributed by atoms with Gasteiger partial charge in [0.05, 0.1) is 0 Å². The van der Waals surface area contributed by atoms with Gasteiger partial charge in [0.15, 0.2) is 0 Å². The Hall–Kier alpha value is -2.08. The second-order valence-corrected chi connectivity index (χ2v) is 7.29. The van der Waals surface area contributed by atoms with Gasteiger partial charge in [0, 0.05) is 45.3 Å². The quantitative estimate of drug-likeness (QED) is 0.733. The van der Waals surface area contributed by atoms with Crippen LogP contribution >= 0.6 is 0 Å². The lowest BCUT2D eigenvalue weighted by Crippen LogP contribution is -2.51. The molecule has 1 saturated heterocycles. The van der Waals surface area contributed by atoms with Crippen LogP contribution in [0.2, 0.25) is 0 Å². The molecule has 0 atom stereocenters. The molecule has 1 aliphatic heterocycles. The van der Waals surface area contributed by atoms with Gasteiger partial charge in [0.25, 0.3) is 0 Å². The van der Waals surface area contributed by atoms with Gasteiger partial charge in [0.2, 0.25) is 5.91 Å². The number of hydrogen-bond acceptors (Lipinski definition) is 3. The van der Waals surface area contributed by atoms with Crippen LogP contribution in [0.15, 0.2) is 24.3 Å². The van der Waals surface area contributed by atoms with E-state index in [1.807, 2.05) is 38.1 Å². The van der Waals surface area contributed by atoms with E-state index in [0.29, 0.717) is 45.6 Å². The highest BCUT2D eigenvalue weighted by Gasteiger charge is 2.37. The summed E-state index contributed by atoms with van der Waals surface area (Å²) in [7, 11) is 1.65. The third kappa shape index (κ3) is 5.73. The second kappa shape index (κ2) is 9.57. The molecule has 0 radical (unpaired) electrons. The summed E-state index contributed by atoms with van der Waals surface area (Å²) in [6.07, 6.45) is 2.16. The molecular weight excluding hydrogens is 330 g/mol. The SMILES string of the molecule is COCCCNC(=O)N1CCC(C)(C(=O)NCc2ccc(C)cc2)CC1. The lowest BCUT2D eigenvalue weighted by Gasteiger charge is -2.38. The zero-order valence-corrected chi connectivity index (χ0v) is 16.1. The highest BCUT2D eigenvalue weighted by Crippen LogP contribution is 2.31. The lowest BCUT2D eigenvalue weighted by atomic mass is 9.79. The lowest BCUT2D eigenvalue weighted by molar-refractivity contribution is -0.132. The van der Waals surface area contributed by atoms with Crippen LogP contribution in [0, 0.1) is 12.3 Å². The van der Waals surface area contributed by atoms with Crippen molar-refractivity contribution in [2.45, 2.75) is 39.7 Å².